The minimum Gasteiger partial charge on any atom is -0.312 e. The van der Waals surface area contributed by atoms with Crippen molar-refractivity contribution in [1.29, 1.82) is 0 Å². The van der Waals surface area contributed by atoms with Gasteiger partial charge in [0.25, 0.3) is 0 Å². The van der Waals surface area contributed by atoms with E-state index in [1.165, 1.54) is 5.56 Å². The van der Waals surface area contributed by atoms with Gasteiger partial charge < -0.3 is 4.90 Å². The quantitative estimate of drug-likeness (QED) is 0.744. The molecule has 0 saturated heterocycles. The Kier molecular flexibility index (Phi) is 6.15. The maximum atomic E-state index is 12.9. The second-order valence-corrected chi connectivity index (χ2v) is 10.1. The number of sulfonamides is 1. The summed E-state index contributed by atoms with van der Waals surface area (Å²) in [4.78, 5) is 14.0. The number of carbonyl (C=O) groups is 1. The van der Waals surface area contributed by atoms with Gasteiger partial charge >= 0.3 is 0 Å². The molecule has 2 aromatic rings. The monoisotopic (exact) mass is 414 g/mol. The summed E-state index contributed by atoms with van der Waals surface area (Å²) < 4.78 is 28.7. The molecule has 0 aliphatic carbocycles. The van der Waals surface area contributed by atoms with Crippen LogP contribution in [0.3, 0.4) is 0 Å². The Hall–Kier alpha value is -2.18. The second kappa shape index (κ2) is 8.28. The van der Waals surface area contributed by atoms with Gasteiger partial charge in [0.2, 0.25) is 15.9 Å². The van der Waals surface area contributed by atoms with E-state index in [1.807, 2.05) is 32.0 Å². The number of benzene rings is 2. The van der Waals surface area contributed by atoms with Crippen LogP contribution in [0.1, 0.15) is 51.7 Å². The Labute approximate surface area is 174 Å². The van der Waals surface area contributed by atoms with Crippen molar-refractivity contribution in [3.63, 3.8) is 0 Å². The Morgan fingerprint density at radius 2 is 1.86 bits per heavy atom. The van der Waals surface area contributed by atoms with Crippen LogP contribution >= 0.6 is 0 Å². The van der Waals surface area contributed by atoms with Crippen molar-refractivity contribution in [2.24, 2.45) is 0 Å². The van der Waals surface area contributed by atoms with E-state index in [4.69, 9.17) is 0 Å². The van der Waals surface area contributed by atoms with Gasteiger partial charge in [-0.1, -0.05) is 51.1 Å². The highest BCUT2D eigenvalue weighted by atomic mass is 32.2. The van der Waals surface area contributed by atoms with E-state index in [0.717, 1.165) is 11.3 Å². The smallest absolute Gasteiger partial charge is 0.240 e. The standard InChI is InChI=1S/C23H30N2O3S/c1-5-22(26)25-14-13-18-15-20(11-12-21(18)25)29(27,28)24-17(2)16-23(3,4)19-9-7-6-8-10-19/h6-12,15,17,24H,5,13-14,16H2,1-4H3/t17-/m0/s1. The van der Waals surface area contributed by atoms with Crippen molar-refractivity contribution in [1.82, 2.24) is 4.72 Å². The highest BCUT2D eigenvalue weighted by molar-refractivity contribution is 7.89. The van der Waals surface area contributed by atoms with Gasteiger partial charge in [0, 0.05) is 24.7 Å². The van der Waals surface area contributed by atoms with E-state index < -0.39 is 10.0 Å². The third-order valence-electron chi connectivity index (χ3n) is 5.59. The van der Waals surface area contributed by atoms with Crippen LogP contribution in [-0.4, -0.2) is 26.9 Å². The van der Waals surface area contributed by atoms with Gasteiger partial charge in [-0.2, -0.15) is 0 Å². The molecule has 1 heterocycles. The molecule has 0 fully saturated rings. The maximum Gasteiger partial charge on any atom is 0.240 e. The highest BCUT2D eigenvalue weighted by Gasteiger charge is 2.28. The number of anilines is 1. The van der Waals surface area contributed by atoms with Gasteiger partial charge in [-0.05, 0) is 54.5 Å². The van der Waals surface area contributed by atoms with Crippen molar-refractivity contribution < 1.29 is 13.2 Å². The fourth-order valence-corrected chi connectivity index (χ4v) is 5.44. The molecule has 3 rings (SSSR count). The lowest BCUT2D eigenvalue weighted by Crippen LogP contribution is -2.37. The number of amides is 1. The fraction of sp³-hybridized carbons (Fsp3) is 0.435. The topological polar surface area (TPSA) is 66.5 Å². The van der Waals surface area contributed by atoms with E-state index in [9.17, 15) is 13.2 Å². The molecule has 6 heteroatoms. The third-order valence-corrected chi connectivity index (χ3v) is 7.18. The number of nitrogens with one attached hydrogen (secondary N) is 1. The van der Waals surface area contributed by atoms with Crippen LogP contribution in [0.2, 0.25) is 0 Å². The molecule has 29 heavy (non-hydrogen) atoms. The van der Waals surface area contributed by atoms with Gasteiger partial charge in [0.15, 0.2) is 0 Å². The Bertz CT molecular complexity index is 984. The number of hydrogen-bond acceptors (Lipinski definition) is 3. The van der Waals surface area contributed by atoms with Crippen LogP contribution in [0.4, 0.5) is 5.69 Å². The average molecular weight is 415 g/mol. The molecular weight excluding hydrogens is 384 g/mol. The van der Waals surface area contributed by atoms with Gasteiger partial charge in [0.05, 0.1) is 4.90 Å². The lowest BCUT2D eigenvalue weighted by Gasteiger charge is -2.29. The first kappa shape index (κ1) is 21.5. The fourth-order valence-electron chi connectivity index (χ4n) is 4.14. The Morgan fingerprint density at radius 1 is 1.17 bits per heavy atom. The second-order valence-electron chi connectivity index (χ2n) is 8.42. The predicted molar refractivity (Wildman–Crippen MR) is 117 cm³/mol. The van der Waals surface area contributed by atoms with Crippen LogP contribution in [-0.2, 0) is 26.7 Å². The van der Waals surface area contributed by atoms with Crippen LogP contribution in [0.5, 0.6) is 0 Å². The Morgan fingerprint density at radius 3 is 2.52 bits per heavy atom. The molecule has 0 radical (unpaired) electrons. The summed E-state index contributed by atoms with van der Waals surface area (Å²) in [5, 5.41) is 0. The lowest BCUT2D eigenvalue weighted by atomic mass is 9.79. The molecule has 2 aromatic carbocycles. The van der Waals surface area contributed by atoms with Crippen LogP contribution in [0.25, 0.3) is 0 Å². The minimum atomic E-state index is -3.63. The first-order valence-electron chi connectivity index (χ1n) is 10.1. The molecule has 0 saturated carbocycles. The summed E-state index contributed by atoms with van der Waals surface area (Å²) in [6, 6.07) is 15.0. The molecule has 1 amide bonds. The zero-order chi connectivity index (χ0) is 21.2. The third kappa shape index (κ3) is 4.70. The van der Waals surface area contributed by atoms with Crippen molar-refractivity contribution in [3.05, 3.63) is 59.7 Å². The van der Waals surface area contributed by atoms with Crippen LogP contribution < -0.4 is 9.62 Å². The lowest BCUT2D eigenvalue weighted by molar-refractivity contribution is -0.118. The van der Waals surface area contributed by atoms with Crippen molar-refractivity contribution in [2.75, 3.05) is 11.4 Å². The molecule has 1 atom stereocenters. The molecule has 0 unspecified atom stereocenters. The molecule has 0 spiro atoms. The van der Waals surface area contributed by atoms with Gasteiger partial charge in [-0.15, -0.1) is 0 Å². The molecule has 0 aromatic heterocycles. The van der Waals surface area contributed by atoms with Crippen molar-refractivity contribution in [2.45, 2.75) is 63.3 Å². The minimum absolute atomic E-state index is 0.0641. The van der Waals surface area contributed by atoms with E-state index in [-0.39, 0.29) is 22.3 Å². The van der Waals surface area contributed by atoms with Crippen molar-refractivity contribution >= 4 is 21.6 Å². The molecule has 1 N–H and O–H groups in total. The zero-order valence-electron chi connectivity index (χ0n) is 17.6. The normalized spacial score (nSPS) is 15.2. The first-order valence-corrected chi connectivity index (χ1v) is 11.6. The summed E-state index contributed by atoms with van der Waals surface area (Å²) in [5.41, 5.74) is 2.77. The molecule has 1 aliphatic heterocycles. The average Bonchev–Trinajstić information content (AvgIpc) is 3.10. The summed E-state index contributed by atoms with van der Waals surface area (Å²) in [5.74, 6) is 0.0641. The van der Waals surface area contributed by atoms with E-state index in [2.05, 4.69) is 30.7 Å². The highest BCUT2D eigenvalue weighted by Crippen LogP contribution is 2.32. The van der Waals surface area contributed by atoms with Gasteiger partial charge in [0.1, 0.15) is 0 Å². The zero-order valence-corrected chi connectivity index (χ0v) is 18.4. The number of hydrogen-bond donors (Lipinski definition) is 1. The van der Waals surface area contributed by atoms with E-state index >= 15 is 0 Å². The molecule has 1 aliphatic rings. The number of carbonyl (C=O) groups excluding carboxylic acids is 1. The van der Waals surface area contributed by atoms with E-state index in [1.54, 1.807) is 23.1 Å². The molecule has 156 valence electrons. The first-order chi connectivity index (χ1) is 13.6. The van der Waals surface area contributed by atoms with Crippen LogP contribution in [0, 0.1) is 0 Å². The number of rotatable bonds is 7. The largest absolute Gasteiger partial charge is 0.312 e. The molecule has 5 nitrogen and oxygen atoms in total. The predicted octanol–water partition coefficient (Wildman–Crippen LogP) is 4.02. The van der Waals surface area contributed by atoms with Crippen LogP contribution in [0.15, 0.2) is 53.4 Å². The molecular formula is C23H30N2O3S. The number of fused-ring (bicyclic) bond motifs is 1. The summed E-state index contributed by atoms with van der Waals surface area (Å²) in [6.07, 6.45) is 1.80. The Balaban J connectivity index is 1.74. The SMILES string of the molecule is CCC(=O)N1CCc2cc(S(=O)(=O)N[C@@H](C)CC(C)(C)c3ccccc3)ccc21. The summed E-state index contributed by atoms with van der Waals surface area (Å²) in [7, 11) is -3.63. The maximum absolute atomic E-state index is 12.9. The van der Waals surface area contributed by atoms with Gasteiger partial charge in [-0.3, -0.25) is 4.79 Å². The van der Waals surface area contributed by atoms with Gasteiger partial charge in [-0.25, -0.2) is 13.1 Å². The van der Waals surface area contributed by atoms with Crippen molar-refractivity contribution in [3.8, 4) is 0 Å². The molecule has 0 bridgehead atoms. The summed E-state index contributed by atoms with van der Waals surface area (Å²) >= 11 is 0. The summed E-state index contributed by atoms with van der Waals surface area (Å²) in [6.45, 7) is 8.60. The number of nitrogens with zero attached hydrogens (tertiary/aromatic N) is 1. The van der Waals surface area contributed by atoms with E-state index in [0.29, 0.717) is 25.8 Å².